The number of carboxylic acids is 1. The van der Waals surface area contributed by atoms with Crippen LogP contribution in [0.5, 0.6) is 0 Å². The van der Waals surface area contributed by atoms with E-state index < -0.39 is 49.2 Å². The SMILES string of the molecule is CC(C)CC(CP(=O)(O)C(CC1CCCCC1)NC(=O)C(Cc1cnc[nH]1)NC(=O)OCc1ccccc1)C(=O)O. The van der Waals surface area contributed by atoms with Crippen LogP contribution in [0.25, 0.3) is 0 Å². The molecule has 5 N–H and O–H groups in total. The number of H-pyrrole nitrogens is 1. The van der Waals surface area contributed by atoms with Crippen LogP contribution in [-0.2, 0) is 31.9 Å². The van der Waals surface area contributed by atoms with Crippen molar-refractivity contribution in [1.29, 1.82) is 0 Å². The lowest BCUT2D eigenvalue weighted by molar-refractivity contribution is -0.141. The minimum absolute atomic E-state index is 0.00758. The molecule has 2 aromatic rings. The second-order valence-corrected chi connectivity index (χ2v) is 13.9. The van der Waals surface area contributed by atoms with Crippen LogP contribution in [0.15, 0.2) is 42.9 Å². The Bertz CT molecular complexity index is 1150. The molecule has 1 heterocycles. The van der Waals surface area contributed by atoms with Gasteiger partial charge >= 0.3 is 12.1 Å². The van der Waals surface area contributed by atoms with E-state index in [4.69, 9.17) is 4.74 Å². The van der Waals surface area contributed by atoms with Crippen LogP contribution < -0.4 is 10.6 Å². The highest BCUT2D eigenvalue weighted by molar-refractivity contribution is 7.58. The maximum Gasteiger partial charge on any atom is 0.408 e. The molecule has 0 aliphatic heterocycles. The molecule has 12 heteroatoms. The highest BCUT2D eigenvalue weighted by atomic mass is 31.2. The quantitative estimate of drug-likeness (QED) is 0.186. The Hall–Kier alpha value is -3.17. The Labute approximate surface area is 241 Å². The largest absolute Gasteiger partial charge is 0.481 e. The number of imidazole rings is 1. The molecule has 4 unspecified atom stereocenters. The molecular weight excluding hydrogens is 547 g/mol. The summed E-state index contributed by atoms with van der Waals surface area (Å²) in [7, 11) is -4.16. The second-order valence-electron chi connectivity index (χ2n) is 11.4. The Balaban J connectivity index is 1.78. The summed E-state index contributed by atoms with van der Waals surface area (Å²) in [6.45, 7) is 3.73. The maximum atomic E-state index is 13.8. The van der Waals surface area contributed by atoms with Crippen LogP contribution in [0, 0.1) is 17.8 Å². The van der Waals surface area contributed by atoms with Crippen LogP contribution in [-0.4, -0.2) is 55.9 Å². The summed E-state index contributed by atoms with van der Waals surface area (Å²) in [5.41, 5.74) is 1.35. The maximum absolute atomic E-state index is 13.8. The van der Waals surface area contributed by atoms with E-state index in [2.05, 4.69) is 20.6 Å². The highest BCUT2D eigenvalue weighted by Gasteiger charge is 2.40. The third-order valence-corrected chi connectivity index (χ3v) is 9.74. The van der Waals surface area contributed by atoms with Crippen LogP contribution in [0.4, 0.5) is 4.79 Å². The molecule has 1 aromatic heterocycles. The molecule has 1 saturated carbocycles. The van der Waals surface area contributed by atoms with Gasteiger partial charge in [-0.05, 0) is 30.2 Å². The Morgan fingerprint density at radius 1 is 1.12 bits per heavy atom. The van der Waals surface area contributed by atoms with E-state index in [9.17, 15) is 28.9 Å². The first kappa shape index (κ1) is 32.3. The third kappa shape index (κ3) is 11.0. The number of carbonyl (C=O) groups is 3. The van der Waals surface area contributed by atoms with Crippen LogP contribution in [0.1, 0.15) is 70.1 Å². The molecule has 11 nitrogen and oxygen atoms in total. The number of alkyl carbamates (subject to hydrolysis) is 1. The molecule has 0 radical (unpaired) electrons. The van der Waals surface area contributed by atoms with E-state index in [1.54, 1.807) is 12.1 Å². The summed E-state index contributed by atoms with van der Waals surface area (Å²) in [6.07, 6.45) is 7.15. The second kappa shape index (κ2) is 15.7. The number of aromatic nitrogens is 2. The summed E-state index contributed by atoms with van der Waals surface area (Å²) < 4.78 is 19.1. The summed E-state index contributed by atoms with van der Waals surface area (Å²) in [4.78, 5) is 56.4. The number of hydrogen-bond acceptors (Lipinski definition) is 6. The lowest BCUT2D eigenvalue weighted by Crippen LogP contribution is -2.51. The molecule has 1 aromatic carbocycles. The van der Waals surface area contributed by atoms with E-state index >= 15 is 0 Å². The smallest absolute Gasteiger partial charge is 0.408 e. The van der Waals surface area contributed by atoms with Gasteiger partial charge in [-0.15, -0.1) is 0 Å². The summed E-state index contributed by atoms with van der Waals surface area (Å²) >= 11 is 0. The van der Waals surface area contributed by atoms with Crippen LogP contribution >= 0.6 is 7.37 Å². The summed E-state index contributed by atoms with van der Waals surface area (Å²) in [5.74, 6) is -3.77. The van der Waals surface area contributed by atoms with Crippen molar-refractivity contribution in [3.8, 4) is 0 Å². The van der Waals surface area contributed by atoms with Crippen LogP contribution in [0.2, 0.25) is 0 Å². The van der Waals surface area contributed by atoms with Gasteiger partial charge in [0.05, 0.1) is 12.2 Å². The van der Waals surface area contributed by atoms with E-state index in [-0.39, 0.29) is 37.7 Å². The lowest BCUT2D eigenvalue weighted by Gasteiger charge is -2.32. The van der Waals surface area contributed by atoms with Crippen molar-refractivity contribution >= 4 is 25.3 Å². The zero-order valence-corrected chi connectivity index (χ0v) is 24.7. The molecule has 41 heavy (non-hydrogen) atoms. The molecule has 4 atom stereocenters. The van der Waals surface area contributed by atoms with Crippen molar-refractivity contribution in [3.05, 3.63) is 54.1 Å². The molecule has 3 rings (SSSR count). The fourth-order valence-corrected chi connectivity index (χ4v) is 7.47. The number of ether oxygens (including phenoxy) is 1. The number of nitrogens with one attached hydrogen (secondary N) is 3. The highest BCUT2D eigenvalue weighted by Crippen LogP contribution is 2.51. The van der Waals surface area contributed by atoms with E-state index in [0.29, 0.717) is 5.69 Å². The number of benzene rings is 1. The van der Waals surface area contributed by atoms with Gasteiger partial charge in [-0.2, -0.15) is 0 Å². The predicted molar refractivity (Wildman–Crippen MR) is 154 cm³/mol. The number of nitrogens with zero attached hydrogens (tertiary/aromatic N) is 1. The van der Waals surface area contributed by atoms with Gasteiger partial charge in [-0.3, -0.25) is 14.2 Å². The normalized spacial score (nSPS) is 17.7. The molecule has 0 saturated heterocycles. The van der Waals surface area contributed by atoms with Gasteiger partial charge in [0.1, 0.15) is 18.4 Å². The van der Waals surface area contributed by atoms with Crippen molar-refractivity contribution < 1.29 is 33.7 Å². The van der Waals surface area contributed by atoms with Gasteiger partial charge < -0.3 is 30.4 Å². The number of hydrogen-bond donors (Lipinski definition) is 5. The van der Waals surface area contributed by atoms with Crippen molar-refractivity contribution in [1.82, 2.24) is 20.6 Å². The number of rotatable bonds is 15. The lowest BCUT2D eigenvalue weighted by atomic mass is 9.87. The number of aromatic amines is 1. The van der Waals surface area contributed by atoms with Gasteiger partial charge in [-0.1, -0.05) is 76.3 Å². The number of carboxylic acid groups (broad SMARTS) is 1. The monoisotopic (exact) mass is 590 g/mol. The Morgan fingerprint density at radius 3 is 2.44 bits per heavy atom. The fourth-order valence-electron chi connectivity index (χ4n) is 5.33. The molecular formula is C29H43N4O7P. The van der Waals surface area contributed by atoms with Crippen molar-refractivity contribution in [2.45, 2.75) is 83.6 Å². The molecule has 0 spiro atoms. The minimum Gasteiger partial charge on any atom is -0.481 e. The standard InChI is InChI=1S/C29H43N4O7P/c1-20(2)13-23(28(35)36)18-41(38,39)26(14-21-9-5-3-6-10-21)33-27(34)25(15-24-16-30-19-31-24)32-29(37)40-17-22-11-7-4-8-12-22/h4,7-8,11-12,16,19-21,23,25-26H,3,5-6,9-10,13-15,17-18H2,1-2H3,(H,30,31)(H,32,37)(H,33,34)(H,35,36)(H,38,39). The summed E-state index contributed by atoms with van der Waals surface area (Å²) in [5, 5.41) is 15.1. The average molecular weight is 591 g/mol. The number of amides is 2. The first-order valence-corrected chi connectivity index (χ1v) is 16.2. The average Bonchev–Trinajstić information content (AvgIpc) is 3.45. The van der Waals surface area contributed by atoms with Gasteiger partial charge in [0.2, 0.25) is 13.3 Å². The molecule has 1 aliphatic rings. The number of aliphatic carboxylic acids is 1. The van der Waals surface area contributed by atoms with E-state index in [1.165, 1.54) is 12.5 Å². The van der Waals surface area contributed by atoms with E-state index in [1.807, 2.05) is 32.0 Å². The predicted octanol–water partition coefficient (Wildman–Crippen LogP) is 4.68. The van der Waals surface area contributed by atoms with Crippen molar-refractivity contribution in [3.63, 3.8) is 0 Å². The van der Waals surface area contributed by atoms with Gasteiger partial charge in [-0.25, -0.2) is 9.78 Å². The molecule has 2 amide bonds. The zero-order valence-electron chi connectivity index (χ0n) is 23.8. The first-order chi connectivity index (χ1) is 19.5. The fraction of sp³-hybridized carbons (Fsp3) is 0.586. The molecule has 226 valence electrons. The summed E-state index contributed by atoms with van der Waals surface area (Å²) in [6, 6.07) is 7.97. The Morgan fingerprint density at radius 2 is 1.83 bits per heavy atom. The Kier molecular flexibility index (Phi) is 12.4. The molecule has 1 aliphatic carbocycles. The van der Waals surface area contributed by atoms with Gasteiger partial charge in [0, 0.05) is 24.5 Å². The van der Waals surface area contributed by atoms with Gasteiger partial charge in [0.15, 0.2) is 0 Å². The van der Waals surface area contributed by atoms with E-state index in [0.717, 1.165) is 37.7 Å². The van der Waals surface area contributed by atoms with Crippen LogP contribution in [0.3, 0.4) is 0 Å². The first-order valence-electron chi connectivity index (χ1n) is 14.3. The molecule has 0 bridgehead atoms. The van der Waals surface area contributed by atoms with Crippen molar-refractivity contribution in [2.24, 2.45) is 17.8 Å². The third-order valence-electron chi connectivity index (χ3n) is 7.46. The number of carbonyl (C=O) groups excluding carboxylic acids is 2. The van der Waals surface area contributed by atoms with Gasteiger partial charge in [0.25, 0.3) is 0 Å². The minimum atomic E-state index is -4.16. The molecule has 1 fully saturated rings. The van der Waals surface area contributed by atoms with Crippen molar-refractivity contribution in [2.75, 3.05) is 6.16 Å². The topological polar surface area (TPSA) is 171 Å². The zero-order chi connectivity index (χ0) is 29.8.